The number of nitrogens with zero attached hydrogens (tertiary/aromatic N) is 6. The minimum Gasteiger partial charge on any atom is -0.493 e. The van der Waals surface area contributed by atoms with Gasteiger partial charge in [0.25, 0.3) is 5.91 Å². The SMILES string of the molecule is CCN(CCO)CCCOc1ccc2c(NC3=C[N+](CC(N)=O)(c4cccc(F)c4F)N=N3)ncnc2c1. The van der Waals surface area contributed by atoms with Gasteiger partial charge in [-0.1, -0.05) is 18.1 Å². The Bertz CT molecular complexity index is 1370. The topological polar surface area (TPSA) is 138 Å². The van der Waals surface area contributed by atoms with Crippen molar-refractivity contribution in [3.63, 3.8) is 0 Å². The van der Waals surface area contributed by atoms with E-state index in [2.05, 4.69) is 30.5 Å². The van der Waals surface area contributed by atoms with Crippen LogP contribution in [0, 0.1) is 11.6 Å². The molecule has 11 nitrogen and oxygen atoms in total. The molecule has 1 aromatic heterocycles. The lowest BCUT2D eigenvalue weighted by molar-refractivity contribution is -0.118. The van der Waals surface area contributed by atoms with Gasteiger partial charge in [-0.2, -0.15) is 4.39 Å². The molecule has 0 bridgehead atoms. The molecule has 1 aliphatic heterocycles. The van der Waals surface area contributed by atoms with Crippen molar-refractivity contribution < 1.29 is 23.4 Å². The first-order valence-corrected chi connectivity index (χ1v) is 12.1. The number of nitrogens with two attached hydrogens (primary N) is 1. The van der Waals surface area contributed by atoms with Crippen LogP contribution in [0.25, 0.3) is 10.9 Å². The van der Waals surface area contributed by atoms with Crippen LogP contribution < -0.4 is 20.4 Å². The summed E-state index contributed by atoms with van der Waals surface area (Å²) in [6, 6.07) is 8.97. The van der Waals surface area contributed by atoms with Crippen molar-refractivity contribution in [1.82, 2.24) is 19.5 Å². The van der Waals surface area contributed by atoms with E-state index in [9.17, 15) is 13.6 Å². The van der Waals surface area contributed by atoms with E-state index in [4.69, 9.17) is 15.6 Å². The second-order valence-electron chi connectivity index (χ2n) is 8.61. The molecule has 1 amide bonds. The number of fused-ring (bicyclic) bond motifs is 1. The highest BCUT2D eigenvalue weighted by Crippen LogP contribution is 2.35. The molecule has 0 saturated heterocycles. The molecule has 4 N–H and O–H groups in total. The summed E-state index contributed by atoms with van der Waals surface area (Å²) in [7, 11) is 0. The number of likely N-dealkylation sites (N-methyl/N-ethyl adjacent to an activating group) is 1. The summed E-state index contributed by atoms with van der Waals surface area (Å²) in [5.74, 6) is -1.80. The molecular formula is C25H29F2N8O3+. The molecule has 2 heterocycles. The maximum Gasteiger partial charge on any atom is 0.276 e. The second-order valence-corrected chi connectivity index (χ2v) is 8.61. The third kappa shape index (κ3) is 6.07. The van der Waals surface area contributed by atoms with E-state index in [0.717, 1.165) is 25.6 Å². The molecule has 38 heavy (non-hydrogen) atoms. The number of anilines is 1. The van der Waals surface area contributed by atoms with Crippen molar-refractivity contribution in [2.45, 2.75) is 13.3 Å². The minimum absolute atomic E-state index is 0.126. The van der Waals surface area contributed by atoms with Gasteiger partial charge in [-0.25, -0.2) is 14.4 Å². The molecule has 0 spiro atoms. The summed E-state index contributed by atoms with van der Waals surface area (Å²) in [6.07, 6.45) is 3.54. The van der Waals surface area contributed by atoms with Gasteiger partial charge >= 0.3 is 0 Å². The van der Waals surface area contributed by atoms with Gasteiger partial charge in [0.2, 0.25) is 17.3 Å². The molecule has 3 aromatic rings. The van der Waals surface area contributed by atoms with Gasteiger partial charge in [0.1, 0.15) is 17.9 Å². The van der Waals surface area contributed by atoms with E-state index < -0.39 is 28.7 Å². The fourth-order valence-corrected chi connectivity index (χ4v) is 4.14. The number of aliphatic hydroxyl groups is 1. The Morgan fingerprint density at radius 2 is 2.05 bits per heavy atom. The highest BCUT2D eigenvalue weighted by atomic mass is 19.2. The third-order valence-corrected chi connectivity index (χ3v) is 6.00. The van der Waals surface area contributed by atoms with Crippen molar-refractivity contribution in [2.24, 2.45) is 16.1 Å². The Kier molecular flexibility index (Phi) is 8.51. The van der Waals surface area contributed by atoms with Crippen molar-refractivity contribution in [1.29, 1.82) is 0 Å². The summed E-state index contributed by atoms with van der Waals surface area (Å²) in [4.78, 5) is 22.5. The van der Waals surface area contributed by atoms with Gasteiger partial charge in [0.15, 0.2) is 18.6 Å². The Labute approximate surface area is 217 Å². The Balaban J connectivity index is 1.51. The Morgan fingerprint density at radius 1 is 1.21 bits per heavy atom. The lowest BCUT2D eigenvalue weighted by Gasteiger charge is -2.22. The average molecular weight is 528 g/mol. The number of benzene rings is 2. The first-order valence-electron chi connectivity index (χ1n) is 12.1. The van der Waals surface area contributed by atoms with Crippen LogP contribution in [-0.2, 0) is 4.79 Å². The number of carbonyl (C=O) groups excluding carboxylic acids is 1. The van der Waals surface area contributed by atoms with Gasteiger partial charge in [-0.05, 0) is 31.2 Å². The molecule has 0 aliphatic carbocycles. The monoisotopic (exact) mass is 527 g/mol. The molecular weight excluding hydrogens is 498 g/mol. The number of nitrogens with one attached hydrogen (secondary N) is 1. The van der Waals surface area contributed by atoms with Crippen LogP contribution >= 0.6 is 0 Å². The first kappa shape index (κ1) is 27.0. The number of hydrogen-bond donors (Lipinski definition) is 3. The number of carbonyl (C=O) groups is 1. The lowest BCUT2D eigenvalue weighted by atomic mass is 10.2. The molecule has 0 radical (unpaired) electrons. The van der Waals surface area contributed by atoms with Crippen molar-refractivity contribution in [2.75, 3.05) is 44.7 Å². The Morgan fingerprint density at radius 3 is 2.82 bits per heavy atom. The van der Waals surface area contributed by atoms with Gasteiger partial charge < -0.3 is 25.8 Å². The van der Waals surface area contributed by atoms with E-state index in [1.807, 2.05) is 6.92 Å². The van der Waals surface area contributed by atoms with E-state index >= 15 is 0 Å². The summed E-state index contributed by atoms with van der Waals surface area (Å²) >= 11 is 0. The zero-order valence-corrected chi connectivity index (χ0v) is 20.8. The summed E-state index contributed by atoms with van der Waals surface area (Å²) in [5, 5.41) is 20.9. The number of ether oxygens (including phenoxy) is 1. The number of amides is 1. The highest BCUT2D eigenvalue weighted by molar-refractivity contribution is 5.90. The van der Waals surface area contributed by atoms with Crippen LogP contribution in [0.3, 0.4) is 0 Å². The zero-order valence-electron chi connectivity index (χ0n) is 20.8. The normalized spacial score (nSPS) is 16.7. The summed E-state index contributed by atoms with van der Waals surface area (Å²) in [6.45, 7) is 4.53. The van der Waals surface area contributed by atoms with Crippen LogP contribution in [0.15, 0.2) is 65.1 Å². The largest absolute Gasteiger partial charge is 0.493 e. The molecule has 1 unspecified atom stereocenters. The number of primary amides is 1. The van der Waals surface area contributed by atoms with Crippen molar-refractivity contribution in [3.05, 3.63) is 66.4 Å². The van der Waals surface area contributed by atoms with Gasteiger partial charge in [0.05, 0.1) is 18.7 Å². The van der Waals surface area contributed by atoms with Crippen LogP contribution in [-0.4, -0.2) is 65.3 Å². The predicted octanol–water partition coefficient (Wildman–Crippen LogP) is 3.08. The number of hydrogen-bond acceptors (Lipinski definition) is 9. The number of aliphatic hydroxyl groups excluding tert-OH is 1. The average Bonchev–Trinajstić information content (AvgIpc) is 3.29. The van der Waals surface area contributed by atoms with E-state index in [-0.39, 0.29) is 18.1 Å². The van der Waals surface area contributed by atoms with Crippen molar-refractivity contribution >= 4 is 28.3 Å². The third-order valence-electron chi connectivity index (χ3n) is 6.00. The molecule has 1 aliphatic rings. The fourth-order valence-electron chi connectivity index (χ4n) is 4.14. The quantitative estimate of drug-likeness (QED) is 0.229. The molecule has 0 saturated carbocycles. The smallest absolute Gasteiger partial charge is 0.276 e. The van der Waals surface area contributed by atoms with E-state index in [1.54, 1.807) is 18.2 Å². The molecule has 1 atom stereocenters. The maximum absolute atomic E-state index is 14.6. The van der Waals surface area contributed by atoms with Crippen LogP contribution in [0.4, 0.5) is 20.3 Å². The molecule has 2 aromatic carbocycles. The Hall–Kier alpha value is -4.07. The standard InChI is InChI=1S/C25H28F2N8O3/c1-2-34(10-11-36)9-4-12-38-17-7-8-18-20(13-17)29-16-30-25(18)31-23-15-35(33-32-23,14-22(28)37)21-6-3-5-19(26)24(21)27/h3,5-8,13,15-16,36H,2,4,9-12,14H2,1H3,(H2-,28,29,30,31,37)/p+1. The molecule has 0 fully saturated rings. The van der Waals surface area contributed by atoms with Gasteiger partial charge in [-0.15, -0.1) is 4.59 Å². The zero-order chi connectivity index (χ0) is 27.1. The first-order chi connectivity index (χ1) is 18.3. The van der Waals surface area contributed by atoms with Crippen LogP contribution in [0.5, 0.6) is 5.75 Å². The number of halogens is 2. The lowest BCUT2D eigenvalue weighted by Crippen LogP contribution is -2.44. The number of quaternary nitrogens is 1. The van der Waals surface area contributed by atoms with E-state index in [0.29, 0.717) is 35.6 Å². The van der Waals surface area contributed by atoms with E-state index in [1.165, 1.54) is 24.7 Å². The predicted molar refractivity (Wildman–Crippen MR) is 138 cm³/mol. The number of rotatable bonds is 13. The number of aromatic nitrogens is 2. The van der Waals surface area contributed by atoms with Crippen LogP contribution in [0.2, 0.25) is 0 Å². The van der Waals surface area contributed by atoms with Crippen molar-refractivity contribution in [3.8, 4) is 5.75 Å². The summed E-state index contributed by atoms with van der Waals surface area (Å²) in [5.41, 5.74) is 5.78. The van der Waals surface area contributed by atoms with Crippen LogP contribution in [0.1, 0.15) is 13.3 Å². The summed E-state index contributed by atoms with van der Waals surface area (Å²) < 4.78 is 33.6. The molecule has 13 heteroatoms. The molecule has 4 rings (SSSR count). The van der Waals surface area contributed by atoms with Gasteiger partial charge in [-0.3, -0.25) is 4.79 Å². The minimum atomic E-state index is -1.15. The second kappa shape index (κ2) is 12.0. The fraction of sp³-hybridized carbons (Fsp3) is 0.320. The van der Waals surface area contributed by atoms with Gasteiger partial charge in [0, 0.05) is 35.8 Å². The highest BCUT2D eigenvalue weighted by Gasteiger charge is 2.40. The maximum atomic E-state index is 14.6. The molecule has 200 valence electrons.